The Hall–Kier alpha value is -0.610. The summed E-state index contributed by atoms with van der Waals surface area (Å²) in [4.78, 5) is 13.7. The summed E-state index contributed by atoms with van der Waals surface area (Å²) in [6.07, 6.45) is 3.79. The van der Waals surface area contributed by atoms with Crippen LogP contribution in [0.25, 0.3) is 0 Å². The molecule has 1 aliphatic rings. The van der Waals surface area contributed by atoms with E-state index in [9.17, 15) is 4.79 Å². The third-order valence-corrected chi connectivity index (χ3v) is 3.65. The number of nitrogens with one attached hydrogen (secondary N) is 1. The molecule has 1 atom stereocenters. The van der Waals surface area contributed by atoms with Crippen molar-refractivity contribution in [1.29, 1.82) is 0 Å². The predicted molar refractivity (Wildman–Crippen MR) is 68.9 cm³/mol. The third-order valence-electron chi connectivity index (χ3n) is 3.65. The van der Waals surface area contributed by atoms with E-state index in [1.165, 1.54) is 26.4 Å². The molecule has 1 rings (SSSR count). The van der Waals surface area contributed by atoms with Gasteiger partial charge in [0.05, 0.1) is 13.0 Å². The van der Waals surface area contributed by atoms with Gasteiger partial charge in [-0.2, -0.15) is 0 Å². The lowest BCUT2D eigenvalue weighted by atomic mass is 9.93. The van der Waals surface area contributed by atoms with Crippen LogP contribution in [0.3, 0.4) is 0 Å². The van der Waals surface area contributed by atoms with Gasteiger partial charge in [0.2, 0.25) is 0 Å². The number of nitrogens with zero attached hydrogens (tertiary/aromatic N) is 1. The second-order valence-electron chi connectivity index (χ2n) is 5.06. The largest absolute Gasteiger partial charge is 0.469 e. The van der Waals surface area contributed by atoms with Crippen LogP contribution in [0.4, 0.5) is 0 Å². The maximum Gasteiger partial charge on any atom is 0.309 e. The maximum atomic E-state index is 11.3. The molecule has 0 bridgehead atoms. The first-order chi connectivity index (χ1) is 8.17. The second-order valence-corrected chi connectivity index (χ2v) is 5.06. The number of hydrogen-bond acceptors (Lipinski definition) is 4. The molecule has 1 fully saturated rings. The van der Waals surface area contributed by atoms with E-state index in [4.69, 9.17) is 4.74 Å². The molecule has 1 N–H and O–H groups in total. The summed E-state index contributed by atoms with van der Waals surface area (Å²) in [5.74, 6) is 0.753. The molecule has 4 heteroatoms. The van der Waals surface area contributed by atoms with Crippen LogP contribution in [-0.2, 0) is 9.53 Å². The highest BCUT2D eigenvalue weighted by Crippen LogP contribution is 2.20. The van der Waals surface area contributed by atoms with Crippen molar-refractivity contribution >= 4 is 5.97 Å². The molecule has 1 saturated heterocycles. The van der Waals surface area contributed by atoms with Gasteiger partial charge in [0.25, 0.3) is 0 Å². The van der Waals surface area contributed by atoms with Crippen LogP contribution in [0.2, 0.25) is 0 Å². The van der Waals surface area contributed by atoms with Crippen molar-refractivity contribution in [2.45, 2.75) is 26.2 Å². The molecular weight excluding hydrogens is 216 g/mol. The van der Waals surface area contributed by atoms with Gasteiger partial charge >= 0.3 is 5.97 Å². The van der Waals surface area contributed by atoms with Crippen LogP contribution in [0.1, 0.15) is 26.2 Å². The van der Waals surface area contributed by atoms with Gasteiger partial charge in [0, 0.05) is 6.54 Å². The number of hydrogen-bond donors (Lipinski definition) is 1. The zero-order valence-corrected chi connectivity index (χ0v) is 11.4. The van der Waals surface area contributed by atoms with Gasteiger partial charge in [-0.05, 0) is 51.9 Å². The molecular formula is C13H26N2O2. The Morgan fingerprint density at radius 1 is 1.47 bits per heavy atom. The van der Waals surface area contributed by atoms with Gasteiger partial charge in [-0.15, -0.1) is 0 Å². The highest BCUT2D eigenvalue weighted by Gasteiger charge is 2.22. The number of methoxy groups -OCH3 is 1. The summed E-state index contributed by atoms with van der Waals surface area (Å²) < 4.78 is 4.75. The summed E-state index contributed by atoms with van der Waals surface area (Å²) in [6.45, 7) is 6.14. The summed E-state index contributed by atoms with van der Waals surface area (Å²) in [5.41, 5.74) is 0. The molecule has 0 amide bonds. The summed E-state index contributed by atoms with van der Waals surface area (Å²) in [5, 5.41) is 3.21. The lowest BCUT2D eigenvalue weighted by Gasteiger charge is -2.33. The zero-order chi connectivity index (χ0) is 12.7. The standard InChI is InChI=1S/C13H26N2O2/c1-11(13(16)17-3)10-15-8-5-12(6-9-15)4-7-14-2/h11-12,14H,4-10H2,1-3H3. The van der Waals surface area contributed by atoms with E-state index in [0.29, 0.717) is 0 Å². The average Bonchev–Trinajstić information content (AvgIpc) is 2.37. The lowest BCUT2D eigenvalue weighted by molar-refractivity contribution is -0.145. The minimum absolute atomic E-state index is 0.00569. The number of likely N-dealkylation sites (tertiary alicyclic amines) is 1. The van der Waals surface area contributed by atoms with Crippen LogP contribution < -0.4 is 5.32 Å². The fourth-order valence-electron chi connectivity index (χ4n) is 2.47. The molecule has 0 radical (unpaired) electrons. The van der Waals surface area contributed by atoms with Crippen molar-refractivity contribution in [2.75, 3.05) is 40.3 Å². The molecule has 0 aromatic heterocycles. The SMILES string of the molecule is CNCCC1CCN(CC(C)C(=O)OC)CC1. The Bertz CT molecular complexity index is 225. The Morgan fingerprint density at radius 3 is 2.65 bits per heavy atom. The molecule has 0 aromatic carbocycles. The highest BCUT2D eigenvalue weighted by atomic mass is 16.5. The van der Waals surface area contributed by atoms with E-state index in [0.717, 1.165) is 32.1 Å². The van der Waals surface area contributed by atoms with Crippen molar-refractivity contribution < 1.29 is 9.53 Å². The summed E-state index contributed by atoms with van der Waals surface area (Å²) >= 11 is 0. The van der Waals surface area contributed by atoms with Gasteiger partial charge < -0.3 is 15.0 Å². The normalized spacial score (nSPS) is 20.2. The molecule has 1 unspecified atom stereocenters. The van der Waals surface area contributed by atoms with Gasteiger partial charge in [0.15, 0.2) is 0 Å². The molecule has 100 valence electrons. The Morgan fingerprint density at radius 2 is 2.12 bits per heavy atom. The monoisotopic (exact) mass is 242 g/mol. The van der Waals surface area contributed by atoms with E-state index in [1.807, 2.05) is 14.0 Å². The smallest absolute Gasteiger partial charge is 0.309 e. The molecule has 17 heavy (non-hydrogen) atoms. The van der Waals surface area contributed by atoms with E-state index in [-0.39, 0.29) is 11.9 Å². The number of esters is 1. The number of carbonyl (C=O) groups excluding carboxylic acids is 1. The van der Waals surface area contributed by atoms with Gasteiger partial charge in [-0.3, -0.25) is 4.79 Å². The average molecular weight is 242 g/mol. The quantitative estimate of drug-likeness (QED) is 0.709. The molecule has 4 nitrogen and oxygen atoms in total. The molecule has 0 spiro atoms. The Labute approximate surface area is 105 Å². The van der Waals surface area contributed by atoms with Crippen LogP contribution in [-0.4, -0.2) is 51.2 Å². The van der Waals surface area contributed by atoms with Gasteiger partial charge in [-0.1, -0.05) is 6.92 Å². The van der Waals surface area contributed by atoms with E-state index < -0.39 is 0 Å². The van der Waals surface area contributed by atoms with Crippen LogP contribution in [0, 0.1) is 11.8 Å². The van der Waals surface area contributed by atoms with Crippen molar-refractivity contribution in [2.24, 2.45) is 11.8 Å². The Kier molecular flexibility index (Phi) is 6.52. The topological polar surface area (TPSA) is 41.6 Å². The second kappa shape index (κ2) is 7.67. The Balaban J connectivity index is 2.20. The van der Waals surface area contributed by atoms with Gasteiger partial charge in [0.1, 0.15) is 0 Å². The van der Waals surface area contributed by atoms with Crippen molar-refractivity contribution in [3.05, 3.63) is 0 Å². The van der Waals surface area contributed by atoms with Gasteiger partial charge in [-0.25, -0.2) is 0 Å². The number of ether oxygens (including phenoxy) is 1. The van der Waals surface area contributed by atoms with Crippen molar-refractivity contribution in [1.82, 2.24) is 10.2 Å². The summed E-state index contributed by atoms with van der Waals surface area (Å²) in [6, 6.07) is 0. The fourth-order valence-corrected chi connectivity index (χ4v) is 2.47. The third kappa shape index (κ3) is 5.04. The van der Waals surface area contributed by atoms with E-state index >= 15 is 0 Å². The maximum absolute atomic E-state index is 11.3. The molecule has 0 aliphatic carbocycles. The van der Waals surface area contributed by atoms with E-state index in [1.54, 1.807) is 0 Å². The molecule has 0 aromatic rings. The van der Waals surface area contributed by atoms with Crippen LogP contribution >= 0.6 is 0 Å². The number of carbonyl (C=O) groups is 1. The minimum Gasteiger partial charge on any atom is -0.469 e. The number of rotatable bonds is 6. The van der Waals surface area contributed by atoms with Crippen LogP contribution in [0.15, 0.2) is 0 Å². The van der Waals surface area contributed by atoms with Crippen molar-refractivity contribution in [3.8, 4) is 0 Å². The van der Waals surface area contributed by atoms with E-state index in [2.05, 4.69) is 10.2 Å². The van der Waals surface area contributed by atoms with Crippen LogP contribution in [0.5, 0.6) is 0 Å². The predicted octanol–water partition coefficient (Wildman–Crippen LogP) is 1.12. The first-order valence-electron chi connectivity index (χ1n) is 6.62. The zero-order valence-electron chi connectivity index (χ0n) is 11.4. The molecule has 1 heterocycles. The fraction of sp³-hybridized carbons (Fsp3) is 0.923. The summed E-state index contributed by atoms with van der Waals surface area (Å²) in [7, 11) is 3.47. The number of piperidine rings is 1. The minimum atomic E-state index is -0.0951. The first-order valence-corrected chi connectivity index (χ1v) is 6.62. The lowest BCUT2D eigenvalue weighted by Crippen LogP contribution is -2.39. The van der Waals surface area contributed by atoms with Crippen molar-refractivity contribution in [3.63, 3.8) is 0 Å². The molecule has 1 aliphatic heterocycles. The molecule has 0 saturated carbocycles. The first kappa shape index (κ1) is 14.5. The highest BCUT2D eigenvalue weighted by molar-refractivity contribution is 5.72.